The van der Waals surface area contributed by atoms with Crippen molar-refractivity contribution in [2.45, 2.75) is 33.3 Å². The number of rotatable bonds is 5. The molecular formula is C20H20O3. The van der Waals surface area contributed by atoms with Gasteiger partial charge in [0.2, 0.25) is 0 Å². The van der Waals surface area contributed by atoms with Crippen molar-refractivity contribution in [2.75, 3.05) is 0 Å². The van der Waals surface area contributed by atoms with Gasteiger partial charge >= 0.3 is 5.63 Å². The molecule has 0 spiro atoms. The Balaban J connectivity index is 1.86. The highest BCUT2D eigenvalue weighted by Crippen LogP contribution is 2.24. The first kappa shape index (κ1) is 15.3. The lowest BCUT2D eigenvalue weighted by Gasteiger charge is -2.09. The molecule has 0 aliphatic carbocycles. The maximum absolute atomic E-state index is 11.7. The van der Waals surface area contributed by atoms with Gasteiger partial charge in [0, 0.05) is 17.5 Å². The molecule has 0 aliphatic rings. The van der Waals surface area contributed by atoms with Gasteiger partial charge in [0.05, 0.1) is 0 Å². The van der Waals surface area contributed by atoms with E-state index in [-0.39, 0.29) is 5.63 Å². The van der Waals surface area contributed by atoms with Crippen LogP contribution in [0.5, 0.6) is 5.75 Å². The van der Waals surface area contributed by atoms with Gasteiger partial charge in [-0.2, -0.15) is 0 Å². The third kappa shape index (κ3) is 3.62. The topological polar surface area (TPSA) is 39.4 Å². The zero-order valence-electron chi connectivity index (χ0n) is 13.5. The average molecular weight is 308 g/mol. The number of fused-ring (bicyclic) bond motifs is 1. The first-order valence-electron chi connectivity index (χ1n) is 7.91. The quantitative estimate of drug-likeness (QED) is 0.645. The molecular weight excluding hydrogens is 288 g/mol. The molecule has 2 aromatic carbocycles. The Kier molecular flexibility index (Phi) is 4.47. The first-order chi connectivity index (χ1) is 11.2. The first-order valence-corrected chi connectivity index (χ1v) is 7.91. The summed E-state index contributed by atoms with van der Waals surface area (Å²) in [6, 6.07) is 15.5. The number of aryl methyl sites for hydroxylation is 2. The summed E-state index contributed by atoms with van der Waals surface area (Å²) in [4.78, 5) is 11.7. The second kappa shape index (κ2) is 6.69. The van der Waals surface area contributed by atoms with Crippen molar-refractivity contribution >= 4 is 11.0 Å². The minimum Gasteiger partial charge on any atom is -0.489 e. The third-order valence-electron chi connectivity index (χ3n) is 3.81. The van der Waals surface area contributed by atoms with Gasteiger partial charge in [0.25, 0.3) is 0 Å². The van der Waals surface area contributed by atoms with Crippen LogP contribution < -0.4 is 10.4 Å². The minimum absolute atomic E-state index is 0.309. The Labute approximate surface area is 135 Å². The fourth-order valence-corrected chi connectivity index (χ4v) is 2.74. The Morgan fingerprint density at radius 3 is 2.74 bits per heavy atom. The lowest BCUT2D eigenvalue weighted by atomic mass is 10.1. The van der Waals surface area contributed by atoms with Crippen molar-refractivity contribution in [1.29, 1.82) is 0 Å². The highest BCUT2D eigenvalue weighted by molar-refractivity contribution is 5.81. The molecule has 0 fully saturated rings. The summed E-state index contributed by atoms with van der Waals surface area (Å²) < 4.78 is 11.2. The van der Waals surface area contributed by atoms with Crippen LogP contribution in [0.2, 0.25) is 0 Å². The molecule has 0 saturated carbocycles. The molecule has 3 nitrogen and oxygen atoms in total. The maximum atomic E-state index is 11.7. The van der Waals surface area contributed by atoms with Crippen molar-refractivity contribution in [2.24, 2.45) is 0 Å². The molecule has 0 amide bonds. The monoisotopic (exact) mass is 308 g/mol. The van der Waals surface area contributed by atoms with E-state index in [1.807, 2.05) is 24.3 Å². The Bertz CT molecular complexity index is 877. The normalized spacial score (nSPS) is 10.9. The molecule has 0 aliphatic heterocycles. The SMILES string of the molecule is CCCc1cc(=O)oc2cc(OCc3cccc(C)c3)ccc12. The average Bonchev–Trinajstić information content (AvgIpc) is 2.53. The fourth-order valence-electron chi connectivity index (χ4n) is 2.74. The van der Waals surface area contributed by atoms with Crippen LogP contribution in [0.3, 0.4) is 0 Å². The standard InChI is InChI=1S/C20H20O3/c1-3-5-16-11-20(21)23-19-12-17(8-9-18(16)19)22-13-15-7-4-6-14(2)10-15/h4,6-12H,3,5,13H2,1-2H3. The summed E-state index contributed by atoms with van der Waals surface area (Å²) in [5, 5.41) is 0.981. The molecule has 3 aromatic rings. The summed E-state index contributed by atoms with van der Waals surface area (Å²) in [6.45, 7) is 4.65. The van der Waals surface area contributed by atoms with Gasteiger partial charge < -0.3 is 9.15 Å². The molecule has 0 unspecified atom stereocenters. The predicted octanol–water partition coefficient (Wildman–Crippen LogP) is 4.63. The summed E-state index contributed by atoms with van der Waals surface area (Å²) in [5.41, 5.74) is 3.63. The molecule has 0 saturated heterocycles. The second-order valence-electron chi connectivity index (χ2n) is 5.78. The zero-order chi connectivity index (χ0) is 16.2. The van der Waals surface area contributed by atoms with Gasteiger partial charge in [0.15, 0.2) is 0 Å². The van der Waals surface area contributed by atoms with Crippen molar-refractivity contribution in [3.05, 3.63) is 75.6 Å². The van der Waals surface area contributed by atoms with Crippen LogP contribution in [0.4, 0.5) is 0 Å². The number of hydrogen-bond donors (Lipinski definition) is 0. The maximum Gasteiger partial charge on any atom is 0.336 e. The van der Waals surface area contributed by atoms with Crippen LogP contribution >= 0.6 is 0 Å². The predicted molar refractivity (Wildman–Crippen MR) is 92.0 cm³/mol. The van der Waals surface area contributed by atoms with E-state index in [0.29, 0.717) is 17.9 Å². The van der Waals surface area contributed by atoms with E-state index in [1.54, 1.807) is 12.1 Å². The molecule has 3 heteroatoms. The Morgan fingerprint density at radius 2 is 1.96 bits per heavy atom. The van der Waals surface area contributed by atoms with E-state index in [0.717, 1.165) is 29.4 Å². The highest BCUT2D eigenvalue weighted by atomic mass is 16.5. The molecule has 0 atom stereocenters. The summed E-state index contributed by atoms with van der Waals surface area (Å²) in [6.07, 6.45) is 1.86. The summed E-state index contributed by atoms with van der Waals surface area (Å²) >= 11 is 0. The van der Waals surface area contributed by atoms with Crippen LogP contribution in [-0.4, -0.2) is 0 Å². The van der Waals surface area contributed by atoms with Gasteiger partial charge in [-0.3, -0.25) is 0 Å². The molecule has 0 bridgehead atoms. The van der Waals surface area contributed by atoms with E-state index in [2.05, 4.69) is 26.0 Å². The lowest BCUT2D eigenvalue weighted by molar-refractivity contribution is 0.306. The lowest BCUT2D eigenvalue weighted by Crippen LogP contribution is -2.01. The highest BCUT2D eigenvalue weighted by Gasteiger charge is 2.07. The van der Waals surface area contributed by atoms with Crippen LogP contribution in [0.15, 0.2) is 57.7 Å². The van der Waals surface area contributed by atoms with E-state index in [4.69, 9.17) is 9.15 Å². The van der Waals surface area contributed by atoms with E-state index in [9.17, 15) is 4.79 Å². The van der Waals surface area contributed by atoms with E-state index in [1.165, 1.54) is 5.56 Å². The molecule has 1 aromatic heterocycles. The molecule has 0 radical (unpaired) electrons. The van der Waals surface area contributed by atoms with Gasteiger partial charge in [0.1, 0.15) is 17.9 Å². The largest absolute Gasteiger partial charge is 0.489 e. The molecule has 3 rings (SSSR count). The van der Waals surface area contributed by atoms with Crippen molar-refractivity contribution in [3.8, 4) is 5.75 Å². The van der Waals surface area contributed by atoms with Gasteiger partial charge in [-0.1, -0.05) is 43.2 Å². The third-order valence-corrected chi connectivity index (χ3v) is 3.81. The molecule has 118 valence electrons. The van der Waals surface area contributed by atoms with Crippen molar-refractivity contribution < 1.29 is 9.15 Å². The minimum atomic E-state index is -0.309. The Hall–Kier alpha value is -2.55. The summed E-state index contributed by atoms with van der Waals surface area (Å²) in [5.74, 6) is 0.704. The van der Waals surface area contributed by atoms with Gasteiger partial charge in [-0.25, -0.2) is 4.79 Å². The molecule has 23 heavy (non-hydrogen) atoms. The van der Waals surface area contributed by atoms with Crippen LogP contribution in [0.1, 0.15) is 30.0 Å². The number of benzene rings is 2. The summed E-state index contributed by atoms with van der Waals surface area (Å²) in [7, 11) is 0. The van der Waals surface area contributed by atoms with Crippen LogP contribution in [0.25, 0.3) is 11.0 Å². The smallest absolute Gasteiger partial charge is 0.336 e. The van der Waals surface area contributed by atoms with Crippen molar-refractivity contribution in [3.63, 3.8) is 0 Å². The second-order valence-corrected chi connectivity index (χ2v) is 5.78. The number of hydrogen-bond acceptors (Lipinski definition) is 3. The fraction of sp³-hybridized carbons (Fsp3) is 0.250. The molecule has 0 N–H and O–H groups in total. The van der Waals surface area contributed by atoms with E-state index < -0.39 is 0 Å². The van der Waals surface area contributed by atoms with Gasteiger partial charge in [-0.15, -0.1) is 0 Å². The van der Waals surface area contributed by atoms with Crippen LogP contribution in [0, 0.1) is 6.92 Å². The van der Waals surface area contributed by atoms with Gasteiger partial charge in [-0.05, 0) is 36.6 Å². The Morgan fingerprint density at radius 1 is 1.09 bits per heavy atom. The zero-order valence-corrected chi connectivity index (χ0v) is 13.5. The van der Waals surface area contributed by atoms with Crippen LogP contribution in [-0.2, 0) is 13.0 Å². The van der Waals surface area contributed by atoms with Crippen molar-refractivity contribution in [1.82, 2.24) is 0 Å². The van der Waals surface area contributed by atoms with E-state index >= 15 is 0 Å². The number of ether oxygens (including phenoxy) is 1. The molecule has 1 heterocycles.